The van der Waals surface area contributed by atoms with Crippen molar-refractivity contribution in [2.75, 3.05) is 19.6 Å². The monoisotopic (exact) mass is 264 g/mol. The molecule has 3 rings (SSSR count). The molecule has 2 saturated heterocycles. The third-order valence-corrected chi connectivity index (χ3v) is 4.42. The first-order valence-electron chi connectivity index (χ1n) is 7.66. The molecule has 5 heteroatoms. The van der Waals surface area contributed by atoms with Gasteiger partial charge in [-0.2, -0.15) is 4.98 Å². The zero-order valence-corrected chi connectivity index (χ0v) is 11.8. The molecular formula is C14H24N4O. The number of aromatic nitrogens is 2. The van der Waals surface area contributed by atoms with Gasteiger partial charge in [0.1, 0.15) is 0 Å². The molecule has 2 aliphatic rings. The van der Waals surface area contributed by atoms with Crippen LogP contribution in [-0.4, -0.2) is 40.7 Å². The van der Waals surface area contributed by atoms with Crippen molar-refractivity contribution >= 4 is 0 Å². The molecule has 2 atom stereocenters. The van der Waals surface area contributed by atoms with Crippen LogP contribution in [0.1, 0.15) is 56.8 Å². The number of nitrogens with zero attached hydrogens (tertiary/aromatic N) is 3. The topological polar surface area (TPSA) is 54.2 Å². The van der Waals surface area contributed by atoms with Crippen LogP contribution in [0.4, 0.5) is 0 Å². The van der Waals surface area contributed by atoms with Gasteiger partial charge in [-0.3, -0.25) is 0 Å². The van der Waals surface area contributed by atoms with Crippen LogP contribution in [0.5, 0.6) is 0 Å². The summed E-state index contributed by atoms with van der Waals surface area (Å²) in [5.74, 6) is 1.67. The first-order valence-corrected chi connectivity index (χ1v) is 7.66. The smallest absolute Gasteiger partial charge is 0.243 e. The van der Waals surface area contributed by atoms with Crippen molar-refractivity contribution in [1.82, 2.24) is 20.4 Å². The lowest BCUT2D eigenvalue weighted by molar-refractivity contribution is 0.260. The van der Waals surface area contributed by atoms with E-state index in [1.165, 1.54) is 32.2 Å². The SMILES string of the molecule is CCN1CCCC1Cc1noc(C2CCCCN2)n1. The Morgan fingerprint density at radius 1 is 1.32 bits per heavy atom. The van der Waals surface area contributed by atoms with E-state index in [9.17, 15) is 0 Å². The Balaban J connectivity index is 1.61. The maximum Gasteiger partial charge on any atom is 0.243 e. The molecule has 1 N–H and O–H groups in total. The van der Waals surface area contributed by atoms with Crippen molar-refractivity contribution in [2.45, 2.75) is 57.5 Å². The average Bonchev–Trinajstić information content (AvgIpc) is 3.09. The van der Waals surface area contributed by atoms with E-state index in [1.807, 2.05) is 0 Å². The van der Waals surface area contributed by atoms with Gasteiger partial charge in [-0.05, 0) is 45.3 Å². The Bertz CT molecular complexity index is 400. The Kier molecular flexibility index (Phi) is 4.13. The highest BCUT2D eigenvalue weighted by atomic mass is 16.5. The molecule has 0 aromatic carbocycles. The maximum atomic E-state index is 5.44. The third-order valence-electron chi connectivity index (χ3n) is 4.42. The van der Waals surface area contributed by atoms with Gasteiger partial charge in [-0.25, -0.2) is 0 Å². The fraction of sp³-hybridized carbons (Fsp3) is 0.857. The van der Waals surface area contributed by atoms with E-state index in [1.54, 1.807) is 0 Å². The van der Waals surface area contributed by atoms with Crippen molar-refractivity contribution in [1.29, 1.82) is 0 Å². The summed E-state index contributed by atoms with van der Waals surface area (Å²) < 4.78 is 5.44. The highest BCUT2D eigenvalue weighted by Crippen LogP contribution is 2.23. The Hall–Kier alpha value is -0.940. The molecule has 1 aromatic rings. The zero-order valence-electron chi connectivity index (χ0n) is 11.8. The molecule has 3 heterocycles. The summed E-state index contributed by atoms with van der Waals surface area (Å²) >= 11 is 0. The molecule has 2 unspecified atom stereocenters. The molecule has 1 aromatic heterocycles. The van der Waals surface area contributed by atoms with Crippen LogP contribution in [-0.2, 0) is 6.42 Å². The fourth-order valence-electron chi connectivity index (χ4n) is 3.31. The van der Waals surface area contributed by atoms with Crippen molar-refractivity contribution < 1.29 is 4.52 Å². The van der Waals surface area contributed by atoms with Crippen molar-refractivity contribution in [3.8, 4) is 0 Å². The minimum absolute atomic E-state index is 0.279. The number of hydrogen-bond donors (Lipinski definition) is 1. The van der Waals surface area contributed by atoms with E-state index in [4.69, 9.17) is 4.52 Å². The molecule has 0 aliphatic carbocycles. The molecule has 0 spiro atoms. The Morgan fingerprint density at radius 2 is 2.26 bits per heavy atom. The summed E-state index contributed by atoms with van der Waals surface area (Å²) in [6, 6.07) is 0.885. The second-order valence-corrected chi connectivity index (χ2v) is 5.68. The zero-order chi connectivity index (χ0) is 13.1. The van der Waals surface area contributed by atoms with E-state index in [2.05, 4.69) is 27.3 Å². The number of likely N-dealkylation sites (tertiary alicyclic amines) is 1. The van der Waals surface area contributed by atoms with Crippen LogP contribution in [0.25, 0.3) is 0 Å². The molecule has 2 fully saturated rings. The maximum absolute atomic E-state index is 5.44. The van der Waals surface area contributed by atoms with Gasteiger partial charge in [-0.15, -0.1) is 0 Å². The van der Waals surface area contributed by atoms with Crippen LogP contribution in [0.2, 0.25) is 0 Å². The second kappa shape index (κ2) is 6.01. The number of nitrogens with one attached hydrogen (secondary N) is 1. The molecule has 0 amide bonds. The van der Waals surface area contributed by atoms with E-state index in [-0.39, 0.29) is 6.04 Å². The summed E-state index contributed by atoms with van der Waals surface area (Å²) in [6.45, 7) is 5.64. The van der Waals surface area contributed by atoms with Crippen LogP contribution in [0.3, 0.4) is 0 Å². The highest BCUT2D eigenvalue weighted by Gasteiger charge is 2.26. The van der Waals surface area contributed by atoms with Gasteiger partial charge in [0, 0.05) is 12.5 Å². The third kappa shape index (κ3) is 2.98. The number of piperidine rings is 1. The predicted octanol–water partition coefficient (Wildman–Crippen LogP) is 1.91. The Labute approximate surface area is 114 Å². The minimum Gasteiger partial charge on any atom is -0.338 e. The van der Waals surface area contributed by atoms with Crippen molar-refractivity contribution in [3.63, 3.8) is 0 Å². The largest absolute Gasteiger partial charge is 0.338 e. The standard InChI is InChI=1S/C14H24N4O/c1-2-18-9-5-6-11(18)10-13-16-14(19-17-13)12-7-3-4-8-15-12/h11-12,15H,2-10H2,1H3. The molecule has 19 heavy (non-hydrogen) atoms. The van der Waals surface area contributed by atoms with Gasteiger partial charge in [0.2, 0.25) is 5.89 Å². The summed E-state index contributed by atoms with van der Waals surface area (Å²) in [5.41, 5.74) is 0. The highest BCUT2D eigenvalue weighted by molar-refractivity contribution is 4.97. The summed E-state index contributed by atoms with van der Waals surface area (Å²) in [4.78, 5) is 7.12. The van der Waals surface area contributed by atoms with Gasteiger partial charge in [0.15, 0.2) is 5.82 Å². The molecule has 2 aliphatic heterocycles. The van der Waals surface area contributed by atoms with Crippen LogP contribution in [0.15, 0.2) is 4.52 Å². The molecule has 0 bridgehead atoms. The second-order valence-electron chi connectivity index (χ2n) is 5.68. The van der Waals surface area contributed by atoms with Gasteiger partial charge in [-0.1, -0.05) is 18.5 Å². The van der Waals surface area contributed by atoms with Gasteiger partial charge < -0.3 is 14.7 Å². The lowest BCUT2D eigenvalue weighted by Crippen LogP contribution is -2.31. The quantitative estimate of drug-likeness (QED) is 0.900. The van der Waals surface area contributed by atoms with Gasteiger partial charge in [0.05, 0.1) is 6.04 Å². The number of likely N-dealkylation sites (N-methyl/N-ethyl adjacent to an activating group) is 1. The summed E-state index contributed by atoms with van der Waals surface area (Å²) in [5, 5.41) is 7.63. The van der Waals surface area contributed by atoms with Crippen LogP contribution < -0.4 is 5.32 Å². The molecule has 0 radical (unpaired) electrons. The number of hydrogen-bond acceptors (Lipinski definition) is 5. The van der Waals surface area contributed by atoms with E-state index < -0.39 is 0 Å². The lowest BCUT2D eigenvalue weighted by Gasteiger charge is -2.21. The summed E-state index contributed by atoms with van der Waals surface area (Å²) in [6.07, 6.45) is 7.12. The van der Waals surface area contributed by atoms with Crippen LogP contribution in [0, 0.1) is 0 Å². The fourth-order valence-corrected chi connectivity index (χ4v) is 3.31. The Morgan fingerprint density at radius 3 is 3.05 bits per heavy atom. The molecular weight excluding hydrogens is 240 g/mol. The minimum atomic E-state index is 0.279. The number of rotatable bonds is 4. The predicted molar refractivity (Wildman–Crippen MR) is 72.9 cm³/mol. The van der Waals surface area contributed by atoms with E-state index in [0.29, 0.717) is 6.04 Å². The molecule has 106 valence electrons. The van der Waals surface area contributed by atoms with Gasteiger partial charge >= 0.3 is 0 Å². The van der Waals surface area contributed by atoms with Crippen molar-refractivity contribution in [3.05, 3.63) is 11.7 Å². The van der Waals surface area contributed by atoms with Crippen molar-refractivity contribution in [2.24, 2.45) is 0 Å². The normalized spacial score (nSPS) is 28.9. The van der Waals surface area contributed by atoms with Gasteiger partial charge in [0.25, 0.3) is 0 Å². The average molecular weight is 264 g/mol. The first kappa shape index (κ1) is 13.1. The van der Waals surface area contributed by atoms with E-state index in [0.717, 1.165) is 37.6 Å². The molecule has 0 saturated carbocycles. The van der Waals surface area contributed by atoms with E-state index >= 15 is 0 Å². The lowest BCUT2D eigenvalue weighted by atomic mass is 10.1. The first-order chi connectivity index (χ1) is 9.36. The summed E-state index contributed by atoms with van der Waals surface area (Å²) in [7, 11) is 0. The molecule has 5 nitrogen and oxygen atoms in total. The van der Waals surface area contributed by atoms with Crippen LogP contribution >= 0.6 is 0 Å².